The zero-order chi connectivity index (χ0) is 11.7. The van der Waals surface area contributed by atoms with Gasteiger partial charge in [0.2, 0.25) is 0 Å². The minimum absolute atomic E-state index is 1.13. The van der Waals surface area contributed by atoms with Crippen molar-refractivity contribution in [3.05, 3.63) is 11.4 Å². The summed E-state index contributed by atoms with van der Waals surface area (Å²) in [5.74, 6) is 0. The van der Waals surface area contributed by atoms with Crippen LogP contribution in [0.1, 0.15) is 58.8 Å². The second kappa shape index (κ2) is 8.53. The van der Waals surface area contributed by atoms with E-state index in [1.165, 1.54) is 50.3 Å². The standard InChI is InChI=1S/C13H27PS/c1-5-6-7-8-9-10-11-12-13(2)14(3,4)15/h12H,5-11H2,1-4H3/b13-12+. The summed E-state index contributed by atoms with van der Waals surface area (Å²) in [6.45, 7) is 8.91. The molecule has 0 aliphatic heterocycles. The zero-order valence-corrected chi connectivity index (χ0v) is 12.6. The van der Waals surface area contributed by atoms with Crippen molar-refractivity contribution in [2.24, 2.45) is 0 Å². The maximum absolute atomic E-state index is 5.49. The van der Waals surface area contributed by atoms with Crippen molar-refractivity contribution in [3.63, 3.8) is 0 Å². The first kappa shape index (κ1) is 15.4. The van der Waals surface area contributed by atoms with Crippen LogP contribution in [0.2, 0.25) is 0 Å². The number of unbranched alkanes of at least 4 members (excludes halogenated alkanes) is 6. The Morgan fingerprint density at radius 3 is 2.13 bits per heavy atom. The first-order valence-electron chi connectivity index (χ1n) is 6.20. The molecule has 0 saturated carbocycles. The van der Waals surface area contributed by atoms with Crippen LogP contribution in [0, 0.1) is 0 Å². The molecule has 0 aromatic rings. The molecule has 0 heterocycles. The molecule has 90 valence electrons. The molecule has 0 aliphatic carbocycles. The molecule has 0 amide bonds. The SMILES string of the molecule is CCCCCCCC/C=C(\C)P(C)(C)=S. The van der Waals surface area contributed by atoms with Crippen LogP contribution in [0.3, 0.4) is 0 Å². The zero-order valence-electron chi connectivity index (χ0n) is 10.9. The minimum atomic E-state index is -1.13. The Morgan fingerprint density at radius 2 is 1.60 bits per heavy atom. The Balaban J connectivity index is 3.49. The van der Waals surface area contributed by atoms with Crippen molar-refractivity contribution in [1.82, 2.24) is 0 Å². The summed E-state index contributed by atoms with van der Waals surface area (Å²) in [6.07, 6.45) is 11.9. The van der Waals surface area contributed by atoms with E-state index in [2.05, 4.69) is 33.3 Å². The van der Waals surface area contributed by atoms with Crippen molar-refractivity contribution >= 4 is 17.8 Å². The van der Waals surface area contributed by atoms with E-state index in [0.717, 1.165) is 0 Å². The number of allylic oxidation sites excluding steroid dienone is 2. The van der Waals surface area contributed by atoms with Gasteiger partial charge in [0.25, 0.3) is 0 Å². The van der Waals surface area contributed by atoms with Crippen LogP contribution in [0.25, 0.3) is 0 Å². The molecule has 2 heteroatoms. The lowest BCUT2D eigenvalue weighted by molar-refractivity contribution is 0.611. The van der Waals surface area contributed by atoms with Crippen LogP contribution >= 0.6 is 6.04 Å². The van der Waals surface area contributed by atoms with E-state index in [1.54, 1.807) is 0 Å². The van der Waals surface area contributed by atoms with Crippen molar-refractivity contribution in [1.29, 1.82) is 0 Å². The molecular weight excluding hydrogens is 219 g/mol. The summed E-state index contributed by atoms with van der Waals surface area (Å²) < 4.78 is 0. The lowest BCUT2D eigenvalue weighted by Gasteiger charge is -2.10. The van der Waals surface area contributed by atoms with Crippen molar-refractivity contribution < 1.29 is 0 Å². The Labute approximate surface area is 102 Å². The van der Waals surface area contributed by atoms with E-state index in [-0.39, 0.29) is 0 Å². The Hall–Kier alpha value is 0.390. The van der Waals surface area contributed by atoms with Gasteiger partial charge in [0, 0.05) is 0 Å². The quantitative estimate of drug-likeness (QED) is 0.409. The Kier molecular flexibility index (Phi) is 8.75. The topological polar surface area (TPSA) is 0 Å². The lowest BCUT2D eigenvalue weighted by Crippen LogP contribution is -1.80. The largest absolute Gasteiger partial charge is 0.0935 e. The molecule has 0 aromatic carbocycles. The van der Waals surface area contributed by atoms with Gasteiger partial charge in [-0.3, -0.25) is 0 Å². The van der Waals surface area contributed by atoms with E-state index in [0.29, 0.717) is 0 Å². The fraction of sp³-hybridized carbons (Fsp3) is 0.846. The summed E-state index contributed by atoms with van der Waals surface area (Å²) in [5.41, 5.74) is 0. The summed E-state index contributed by atoms with van der Waals surface area (Å²) in [5, 5.41) is 1.46. The molecule has 0 aliphatic rings. The molecule has 0 radical (unpaired) electrons. The average Bonchev–Trinajstić information content (AvgIpc) is 2.14. The molecule has 0 saturated heterocycles. The fourth-order valence-corrected chi connectivity index (χ4v) is 2.25. The molecule has 0 atom stereocenters. The summed E-state index contributed by atoms with van der Waals surface area (Å²) in [7, 11) is 0. The van der Waals surface area contributed by atoms with Crippen molar-refractivity contribution in [3.8, 4) is 0 Å². The molecule has 0 unspecified atom stereocenters. The van der Waals surface area contributed by atoms with Gasteiger partial charge in [-0.05, 0) is 44.4 Å². The number of rotatable bonds is 8. The molecular formula is C13H27PS. The number of hydrogen-bond donors (Lipinski definition) is 0. The highest BCUT2D eigenvalue weighted by atomic mass is 32.4. The van der Waals surface area contributed by atoms with E-state index in [9.17, 15) is 0 Å². The van der Waals surface area contributed by atoms with Gasteiger partial charge in [-0.2, -0.15) is 0 Å². The van der Waals surface area contributed by atoms with E-state index >= 15 is 0 Å². The summed E-state index contributed by atoms with van der Waals surface area (Å²) >= 11 is 5.49. The lowest BCUT2D eigenvalue weighted by atomic mass is 10.1. The third kappa shape index (κ3) is 9.33. The van der Waals surface area contributed by atoms with Gasteiger partial charge in [0.05, 0.1) is 0 Å². The van der Waals surface area contributed by atoms with Gasteiger partial charge in [-0.15, -0.1) is 0 Å². The van der Waals surface area contributed by atoms with E-state index in [4.69, 9.17) is 11.8 Å². The highest BCUT2D eigenvalue weighted by Crippen LogP contribution is 2.46. The molecule has 0 fully saturated rings. The first-order valence-corrected chi connectivity index (χ1v) is 9.90. The molecule has 15 heavy (non-hydrogen) atoms. The first-order chi connectivity index (χ1) is 6.98. The van der Waals surface area contributed by atoms with Gasteiger partial charge in [-0.1, -0.05) is 56.9 Å². The van der Waals surface area contributed by atoms with Crippen molar-refractivity contribution in [2.45, 2.75) is 58.8 Å². The Morgan fingerprint density at radius 1 is 1.07 bits per heavy atom. The molecule has 0 bridgehead atoms. The highest BCUT2D eigenvalue weighted by molar-refractivity contribution is 8.15. The van der Waals surface area contributed by atoms with Gasteiger partial charge in [0.15, 0.2) is 0 Å². The van der Waals surface area contributed by atoms with Crippen LogP contribution in [0.15, 0.2) is 11.4 Å². The van der Waals surface area contributed by atoms with Crippen LogP contribution in [0.4, 0.5) is 0 Å². The van der Waals surface area contributed by atoms with E-state index in [1.807, 2.05) is 0 Å². The van der Waals surface area contributed by atoms with Crippen LogP contribution in [0.5, 0.6) is 0 Å². The second-order valence-corrected chi connectivity index (χ2v) is 10.9. The monoisotopic (exact) mass is 246 g/mol. The van der Waals surface area contributed by atoms with Gasteiger partial charge < -0.3 is 0 Å². The van der Waals surface area contributed by atoms with Crippen LogP contribution in [-0.4, -0.2) is 13.3 Å². The average molecular weight is 246 g/mol. The fourth-order valence-electron chi connectivity index (χ4n) is 1.46. The summed E-state index contributed by atoms with van der Waals surface area (Å²) in [6, 6.07) is -1.13. The highest BCUT2D eigenvalue weighted by Gasteiger charge is 2.02. The predicted octanol–water partition coefficient (Wildman–Crippen LogP) is 5.38. The number of hydrogen-bond acceptors (Lipinski definition) is 1. The van der Waals surface area contributed by atoms with Gasteiger partial charge in [-0.25, -0.2) is 0 Å². The molecule has 0 spiro atoms. The van der Waals surface area contributed by atoms with E-state index < -0.39 is 6.04 Å². The maximum Gasteiger partial charge on any atom is -0.0270 e. The Bertz CT molecular complexity index is 225. The smallest absolute Gasteiger partial charge is 0.0270 e. The summed E-state index contributed by atoms with van der Waals surface area (Å²) in [4.78, 5) is 0. The third-order valence-electron chi connectivity index (χ3n) is 2.85. The van der Waals surface area contributed by atoms with Crippen LogP contribution in [-0.2, 0) is 11.8 Å². The second-order valence-electron chi connectivity index (χ2n) is 4.75. The molecule has 0 nitrogen and oxygen atoms in total. The van der Waals surface area contributed by atoms with Gasteiger partial charge in [0.1, 0.15) is 0 Å². The molecule has 0 N–H and O–H groups in total. The third-order valence-corrected chi connectivity index (χ3v) is 5.59. The van der Waals surface area contributed by atoms with Gasteiger partial charge >= 0.3 is 0 Å². The predicted molar refractivity (Wildman–Crippen MR) is 77.9 cm³/mol. The van der Waals surface area contributed by atoms with Crippen molar-refractivity contribution in [2.75, 3.05) is 13.3 Å². The minimum Gasteiger partial charge on any atom is -0.0935 e. The normalized spacial score (nSPS) is 13.2. The molecule has 0 rings (SSSR count). The van der Waals surface area contributed by atoms with Crippen LogP contribution < -0.4 is 0 Å². The molecule has 0 aromatic heterocycles. The maximum atomic E-state index is 5.49.